The van der Waals surface area contributed by atoms with E-state index in [0.717, 1.165) is 23.3 Å². The van der Waals surface area contributed by atoms with Crippen LogP contribution in [0.4, 0.5) is 0 Å². The van der Waals surface area contributed by atoms with Gasteiger partial charge in [0.2, 0.25) is 0 Å². The molecule has 0 aliphatic heterocycles. The van der Waals surface area contributed by atoms with Crippen molar-refractivity contribution in [2.45, 2.75) is 32.3 Å². The molecule has 1 rings (SSSR count). The summed E-state index contributed by atoms with van der Waals surface area (Å²) in [5, 5.41) is 0. The zero-order valence-corrected chi connectivity index (χ0v) is 10.7. The number of hydrogen-bond acceptors (Lipinski definition) is 1. The van der Waals surface area contributed by atoms with Gasteiger partial charge in [-0.2, -0.15) is 0 Å². The molecule has 0 amide bonds. The van der Waals surface area contributed by atoms with Gasteiger partial charge < -0.3 is 4.43 Å². The van der Waals surface area contributed by atoms with Crippen molar-refractivity contribution < 1.29 is 4.43 Å². The molecule has 0 aliphatic rings. The Balaban J connectivity index is 2.89. The van der Waals surface area contributed by atoms with Crippen LogP contribution >= 0.6 is 0 Å². The van der Waals surface area contributed by atoms with Gasteiger partial charge in [-0.3, -0.25) is 0 Å². The summed E-state index contributed by atoms with van der Waals surface area (Å²) in [6, 6.07) is 10.5. The second-order valence-electron chi connectivity index (χ2n) is 3.55. The minimum Gasteiger partial charge on any atom is -0.419 e. The molecular weight excluding hydrogens is 176 g/mol. The monoisotopic (exact) mass is 194 g/mol. The third-order valence-electron chi connectivity index (χ3n) is 2.56. The van der Waals surface area contributed by atoms with Crippen LogP contribution in [0.15, 0.2) is 30.3 Å². The van der Waals surface area contributed by atoms with Gasteiger partial charge in [-0.25, -0.2) is 0 Å². The van der Waals surface area contributed by atoms with Crippen LogP contribution in [0.3, 0.4) is 0 Å². The van der Waals surface area contributed by atoms with Gasteiger partial charge in [-0.1, -0.05) is 43.7 Å². The summed E-state index contributed by atoms with van der Waals surface area (Å²) in [5.74, 6) is 0. The third kappa shape index (κ3) is 2.42. The van der Waals surface area contributed by atoms with E-state index in [-0.39, 0.29) is 5.60 Å². The van der Waals surface area contributed by atoms with Crippen molar-refractivity contribution >= 4 is 10.5 Å². The van der Waals surface area contributed by atoms with E-state index in [1.807, 2.05) is 6.07 Å². The maximum absolute atomic E-state index is 5.70. The van der Waals surface area contributed by atoms with E-state index in [0.29, 0.717) is 0 Å². The van der Waals surface area contributed by atoms with Crippen molar-refractivity contribution in [3.63, 3.8) is 0 Å². The highest BCUT2D eigenvalue weighted by atomic mass is 28.2. The molecule has 1 aromatic rings. The highest BCUT2D eigenvalue weighted by molar-refractivity contribution is 5.98. The summed E-state index contributed by atoms with van der Waals surface area (Å²) < 4.78 is 5.70. The van der Waals surface area contributed by atoms with E-state index in [4.69, 9.17) is 4.43 Å². The van der Waals surface area contributed by atoms with Crippen LogP contribution in [0, 0.1) is 0 Å². The quantitative estimate of drug-likeness (QED) is 0.666. The largest absolute Gasteiger partial charge is 0.419 e. The second kappa shape index (κ2) is 4.58. The molecule has 0 aliphatic carbocycles. The summed E-state index contributed by atoms with van der Waals surface area (Å²) in [6.07, 6.45) is 2.26. The SMILES string of the molecule is CCCC(C)(O[SiH3])c1ccccc1. The van der Waals surface area contributed by atoms with Gasteiger partial charge in [-0.05, 0) is 18.9 Å². The van der Waals surface area contributed by atoms with Crippen LogP contribution < -0.4 is 0 Å². The molecule has 0 saturated carbocycles. The first kappa shape index (κ1) is 10.5. The molecule has 1 nitrogen and oxygen atoms in total. The van der Waals surface area contributed by atoms with E-state index in [1.54, 1.807) is 0 Å². The van der Waals surface area contributed by atoms with E-state index in [9.17, 15) is 0 Å². The van der Waals surface area contributed by atoms with Gasteiger partial charge in [0.15, 0.2) is 0 Å². The molecule has 1 aromatic carbocycles. The fraction of sp³-hybridized carbons (Fsp3) is 0.455. The molecule has 2 heteroatoms. The summed E-state index contributed by atoms with van der Waals surface area (Å²) in [4.78, 5) is 0. The number of rotatable bonds is 4. The van der Waals surface area contributed by atoms with Crippen LogP contribution in [0.25, 0.3) is 0 Å². The Hall–Kier alpha value is -0.603. The van der Waals surface area contributed by atoms with E-state index in [2.05, 4.69) is 38.1 Å². The van der Waals surface area contributed by atoms with E-state index in [1.165, 1.54) is 5.56 Å². The minimum absolute atomic E-state index is 0.0533. The summed E-state index contributed by atoms with van der Waals surface area (Å²) in [6.45, 7) is 4.38. The fourth-order valence-electron chi connectivity index (χ4n) is 1.63. The van der Waals surface area contributed by atoms with E-state index < -0.39 is 0 Å². The smallest absolute Gasteiger partial charge is 0.147 e. The molecule has 72 valence electrons. The standard InChI is InChI=1S/C11H18OSi/c1-3-9-11(2,12-13)10-7-5-4-6-8-10/h4-8H,3,9H2,1-2,13H3. The average Bonchev–Trinajstić information content (AvgIpc) is 2.19. The van der Waals surface area contributed by atoms with Crippen molar-refractivity contribution in [2.24, 2.45) is 0 Å². The van der Waals surface area contributed by atoms with Gasteiger partial charge in [0.1, 0.15) is 10.5 Å². The Kier molecular flexibility index (Phi) is 3.69. The van der Waals surface area contributed by atoms with Crippen LogP contribution in [-0.4, -0.2) is 10.5 Å². The second-order valence-corrected chi connectivity index (χ2v) is 3.96. The van der Waals surface area contributed by atoms with Crippen molar-refractivity contribution in [1.82, 2.24) is 0 Å². The molecule has 0 fully saturated rings. The van der Waals surface area contributed by atoms with Crippen molar-refractivity contribution in [3.05, 3.63) is 35.9 Å². The number of benzene rings is 1. The lowest BCUT2D eigenvalue weighted by molar-refractivity contribution is 0.0884. The Morgan fingerprint density at radius 2 is 1.92 bits per heavy atom. The van der Waals surface area contributed by atoms with Crippen molar-refractivity contribution in [1.29, 1.82) is 0 Å². The maximum atomic E-state index is 5.70. The molecule has 1 unspecified atom stereocenters. The van der Waals surface area contributed by atoms with Gasteiger partial charge >= 0.3 is 0 Å². The molecule has 0 N–H and O–H groups in total. The topological polar surface area (TPSA) is 9.23 Å². The molecule has 0 aromatic heterocycles. The lowest BCUT2D eigenvalue weighted by Crippen LogP contribution is -2.24. The van der Waals surface area contributed by atoms with Gasteiger partial charge in [0.05, 0.1) is 5.60 Å². The third-order valence-corrected chi connectivity index (χ3v) is 3.46. The van der Waals surface area contributed by atoms with Crippen molar-refractivity contribution in [2.75, 3.05) is 0 Å². The van der Waals surface area contributed by atoms with E-state index >= 15 is 0 Å². The number of hydrogen-bond donors (Lipinski definition) is 0. The highest BCUT2D eigenvalue weighted by Crippen LogP contribution is 2.28. The Bertz CT molecular complexity index is 248. The molecule has 0 heterocycles. The van der Waals surface area contributed by atoms with Crippen LogP contribution in [0.1, 0.15) is 32.3 Å². The minimum atomic E-state index is -0.0533. The average molecular weight is 194 g/mol. The molecule has 13 heavy (non-hydrogen) atoms. The van der Waals surface area contributed by atoms with Crippen LogP contribution in [0.2, 0.25) is 0 Å². The predicted octanol–water partition coefficient (Wildman–Crippen LogP) is 2.00. The normalized spacial score (nSPS) is 15.5. The summed E-state index contributed by atoms with van der Waals surface area (Å²) in [5.41, 5.74) is 1.24. The zero-order chi connectivity index (χ0) is 9.73. The Morgan fingerprint density at radius 3 is 2.38 bits per heavy atom. The molecule has 0 saturated heterocycles. The van der Waals surface area contributed by atoms with Crippen LogP contribution in [0.5, 0.6) is 0 Å². The summed E-state index contributed by atoms with van der Waals surface area (Å²) in [7, 11) is 0.796. The van der Waals surface area contributed by atoms with Gasteiger partial charge in [0, 0.05) is 0 Å². The first-order chi connectivity index (χ1) is 6.23. The van der Waals surface area contributed by atoms with Gasteiger partial charge in [-0.15, -0.1) is 0 Å². The Morgan fingerprint density at radius 1 is 1.31 bits per heavy atom. The first-order valence-corrected chi connectivity index (χ1v) is 5.65. The lowest BCUT2D eigenvalue weighted by Gasteiger charge is -2.29. The highest BCUT2D eigenvalue weighted by Gasteiger charge is 2.23. The maximum Gasteiger partial charge on any atom is 0.147 e. The summed E-state index contributed by atoms with van der Waals surface area (Å²) >= 11 is 0. The Labute approximate surface area is 83.7 Å². The van der Waals surface area contributed by atoms with Crippen molar-refractivity contribution in [3.8, 4) is 0 Å². The lowest BCUT2D eigenvalue weighted by atomic mass is 9.92. The predicted molar refractivity (Wildman–Crippen MR) is 59.7 cm³/mol. The molecule has 0 bridgehead atoms. The van der Waals surface area contributed by atoms with Crippen LogP contribution in [-0.2, 0) is 10.0 Å². The molecule has 1 atom stereocenters. The first-order valence-electron chi connectivity index (χ1n) is 4.83. The molecule has 0 spiro atoms. The fourth-order valence-corrected chi connectivity index (χ4v) is 2.07. The van der Waals surface area contributed by atoms with Gasteiger partial charge in [0.25, 0.3) is 0 Å². The zero-order valence-electron chi connectivity index (χ0n) is 8.71. The molecule has 0 radical (unpaired) electrons. The molecular formula is C11H18OSi.